The molecule has 1 aliphatic heterocycles. The lowest BCUT2D eigenvalue weighted by Crippen LogP contribution is -2.31. The molecule has 6 nitrogen and oxygen atoms in total. The van der Waals surface area contributed by atoms with E-state index < -0.39 is 0 Å². The first-order chi connectivity index (χ1) is 16.1. The van der Waals surface area contributed by atoms with Crippen LogP contribution in [0.2, 0.25) is 0 Å². The number of rotatable bonds is 8. The van der Waals surface area contributed by atoms with Gasteiger partial charge in [0, 0.05) is 35.2 Å². The van der Waals surface area contributed by atoms with Crippen molar-refractivity contribution >= 4 is 10.9 Å². The van der Waals surface area contributed by atoms with Crippen LogP contribution in [0.4, 0.5) is 0 Å². The van der Waals surface area contributed by atoms with Crippen molar-refractivity contribution < 1.29 is 14.4 Å². The summed E-state index contributed by atoms with van der Waals surface area (Å²) in [5.74, 6) is 2.53. The van der Waals surface area contributed by atoms with Crippen molar-refractivity contribution in [1.82, 2.24) is 14.6 Å². The lowest BCUT2D eigenvalue weighted by atomic mass is 9.90. The molecule has 0 bridgehead atoms. The fourth-order valence-corrected chi connectivity index (χ4v) is 5.69. The van der Waals surface area contributed by atoms with Crippen LogP contribution in [-0.2, 0) is 13.1 Å². The van der Waals surface area contributed by atoms with Gasteiger partial charge in [-0.25, -0.2) is 0 Å². The van der Waals surface area contributed by atoms with Gasteiger partial charge in [0.15, 0.2) is 0 Å². The minimum absolute atomic E-state index is 0.230. The zero-order chi connectivity index (χ0) is 22.8. The van der Waals surface area contributed by atoms with E-state index in [1.807, 2.05) is 13.8 Å². The summed E-state index contributed by atoms with van der Waals surface area (Å²) in [5, 5.41) is 15.2. The lowest BCUT2D eigenvalue weighted by Gasteiger charge is -2.22. The van der Waals surface area contributed by atoms with Crippen LogP contribution in [-0.4, -0.2) is 45.5 Å². The van der Waals surface area contributed by atoms with Crippen molar-refractivity contribution in [3.8, 4) is 5.75 Å². The summed E-state index contributed by atoms with van der Waals surface area (Å²) in [6, 6.07) is 6.80. The Balaban J connectivity index is 1.44. The fourth-order valence-electron chi connectivity index (χ4n) is 5.69. The van der Waals surface area contributed by atoms with E-state index in [0.29, 0.717) is 5.92 Å². The van der Waals surface area contributed by atoms with Gasteiger partial charge >= 0.3 is 0 Å². The third kappa shape index (κ3) is 4.82. The van der Waals surface area contributed by atoms with E-state index in [4.69, 9.17) is 9.26 Å². The average Bonchev–Trinajstić information content (AvgIpc) is 3.52. The molecule has 1 saturated heterocycles. The predicted octanol–water partition coefficient (Wildman–Crippen LogP) is 5.21. The van der Waals surface area contributed by atoms with Crippen molar-refractivity contribution in [1.29, 1.82) is 0 Å². The smallest absolute Gasteiger partial charge is 0.138 e. The topological polar surface area (TPSA) is 63.7 Å². The highest BCUT2D eigenvalue weighted by Crippen LogP contribution is 2.31. The first kappa shape index (κ1) is 22.5. The molecule has 3 heterocycles. The van der Waals surface area contributed by atoms with Gasteiger partial charge in [0.05, 0.1) is 25.5 Å². The molecule has 0 amide bonds. The number of hydrogen-bond donors (Lipinski definition) is 1. The quantitative estimate of drug-likeness (QED) is 0.509. The van der Waals surface area contributed by atoms with Gasteiger partial charge < -0.3 is 18.9 Å². The van der Waals surface area contributed by atoms with Crippen molar-refractivity contribution in [3.63, 3.8) is 0 Å². The van der Waals surface area contributed by atoms with E-state index in [2.05, 4.69) is 39.0 Å². The second-order valence-electron chi connectivity index (χ2n) is 10.0. The van der Waals surface area contributed by atoms with Crippen LogP contribution in [0.25, 0.3) is 10.9 Å². The maximum Gasteiger partial charge on any atom is 0.138 e. The molecule has 3 aromatic rings. The van der Waals surface area contributed by atoms with E-state index in [1.54, 1.807) is 0 Å². The molecular weight excluding hydrogens is 414 g/mol. The summed E-state index contributed by atoms with van der Waals surface area (Å²) in [6.07, 6.45) is 11.1. The van der Waals surface area contributed by atoms with Crippen LogP contribution in [0.1, 0.15) is 67.5 Å². The van der Waals surface area contributed by atoms with E-state index >= 15 is 0 Å². The number of benzene rings is 1. The minimum Gasteiger partial charge on any atom is -0.493 e. The minimum atomic E-state index is 0.230. The molecule has 1 atom stereocenters. The highest BCUT2D eigenvalue weighted by Gasteiger charge is 2.25. The van der Waals surface area contributed by atoms with Gasteiger partial charge in [0.1, 0.15) is 11.5 Å². The number of aliphatic hydroxyl groups is 1. The molecule has 2 fully saturated rings. The first-order valence-electron chi connectivity index (χ1n) is 12.6. The Kier molecular flexibility index (Phi) is 6.74. The molecule has 2 aliphatic rings. The molecule has 1 saturated carbocycles. The third-order valence-corrected chi connectivity index (χ3v) is 7.74. The van der Waals surface area contributed by atoms with Crippen LogP contribution in [0, 0.1) is 19.8 Å². The second kappa shape index (κ2) is 9.90. The van der Waals surface area contributed by atoms with Crippen molar-refractivity contribution in [3.05, 3.63) is 47.0 Å². The van der Waals surface area contributed by atoms with Crippen LogP contribution in [0.5, 0.6) is 5.75 Å². The molecule has 1 N–H and O–H groups in total. The zero-order valence-electron chi connectivity index (χ0n) is 20.1. The Hall–Kier alpha value is -2.31. The summed E-state index contributed by atoms with van der Waals surface area (Å²) in [7, 11) is 0. The number of ether oxygens (including phenoxy) is 1. The molecule has 1 aliphatic carbocycles. The monoisotopic (exact) mass is 451 g/mol. The van der Waals surface area contributed by atoms with E-state index in [1.165, 1.54) is 48.6 Å². The van der Waals surface area contributed by atoms with Gasteiger partial charge in [0.2, 0.25) is 0 Å². The number of fused-ring (bicyclic) bond motifs is 1. The number of nitrogens with zero attached hydrogens (tertiary/aromatic N) is 3. The summed E-state index contributed by atoms with van der Waals surface area (Å²) in [4.78, 5) is 2.42. The lowest BCUT2D eigenvalue weighted by molar-refractivity contribution is 0.154. The van der Waals surface area contributed by atoms with Crippen molar-refractivity contribution in [2.75, 3.05) is 19.8 Å². The van der Waals surface area contributed by atoms with E-state index in [9.17, 15) is 5.11 Å². The highest BCUT2D eigenvalue weighted by molar-refractivity contribution is 5.85. The number of aryl methyl sites for hydroxylation is 2. The fraction of sp³-hybridized carbons (Fsp3) is 0.593. The third-order valence-electron chi connectivity index (χ3n) is 7.74. The number of hydrogen-bond acceptors (Lipinski definition) is 5. The predicted molar refractivity (Wildman–Crippen MR) is 130 cm³/mol. The average molecular weight is 452 g/mol. The highest BCUT2D eigenvalue weighted by atomic mass is 16.5. The SMILES string of the molecule is Cc1noc(C)c1Cn1cc(CN2CCC[C@H]2CO)c2cc(OCC3CCCCC3)ccc21. The molecule has 5 rings (SSSR count). The molecule has 0 spiro atoms. The van der Waals surface area contributed by atoms with Gasteiger partial charge in [-0.05, 0) is 75.8 Å². The van der Waals surface area contributed by atoms with E-state index in [-0.39, 0.29) is 12.6 Å². The Bertz CT molecular complexity index is 1060. The van der Waals surface area contributed by atoms with Gasteiger partial charge in [-0.3, -0.25) is 4.90 Å². The number of aromatic nitrogens is 2. The van der Waals surface area contributed by atoms with Crippen molar-refractivity contribution in [2.24, 2.45) is 5.92 Å². The molecule has 178 valence electrons. The maximum atomic E-state index is 9.82. The molecule has 6 heteroatoms. The largest absolute Gasteiger partial charge is 0.493 e. The first-order valence-corrected chi connectivity index (χ1v) is 12.6. The van der Waals surface area contributed by atoms with Gasteiger partial charge in [0.25, 0.3) is 0 Å². The van der Waals surface area contributed by atoms with Crippen LogP contribution in [0.3, 0.4) is 0 Å². The molecular formula is C27H37N3O3. The zero-order valence-corrected chi connectivity index (χ0v) is 20.1. The molecule has 0 radical (unpaired) electrons. The van der Waals surface area contributed by atoms with Gasteiger partial charge in [-0.15, -0.1) is 0 Å². The van der Waals surface area contributed by atoms with Gasteiger partial charge in [-0.2, -0.15) is 0 Å². The number of likely N-dealkylation sites (tertiary alicyclic amines) is 1. The normalized spacial score (nSPS) is 20.2. The summed E-state index contributed by atoms with van der Waals surface area (Å²) in [6.45, 7) is 7.67. The van der Waals surface area contributed by atoms with E-state index in [0.717, 1.165) is 61.8 Å². The molecule has 0 unspecified atom stereocenters. The Labute approximate surface area is 196 Å². The van der Waals surface area contributed by atoms with Crippen LogP contribution < -0.4 is 4.74 Å². The molecule has 1 aromatic carbocycles. The maximum absolute atomic E-state index is 9.82. The number of aliphatic hydroxyl groups excluding tert-OH is 1. The Morgan fingerprint density at radius 1 is 1.09 bits per heavy atom. The molecule has 33 heavy (non-hydrogen) atoms. The van der Waals surface area contributed by atoms with Crippen LogP contribution >= 0.6 is 0 Å². The second-order valence-corrected chi connectivity index (χ2v) is 10.0. The standard InChI is InChI=1S/C27H37N3O3/c1-19-26(20(2)33-28-19)16-30-15-22(14-29-12-6-9-23(29)17-31)25-13-24(10-11-27(25)30)32-18-21-7-4-3-5-8-21/h10-11,13,15,21,23,31H,3-9,12,14,16-18H2,1-2H3/t23-/m0/s1. The Morgan fingerprint density at radius 3 is 2.70 bits per heavy atom. The summed E-state index contributed by atoms with van der Waals surface area (Å²) in [5.41, 5.74) is 4.59. The molecule has 2 aromatic heterocycles. The van der Waals surface area contributed by atoms with Gasteiger partial charge in [-0.1, -0.05) is 24.4 Å². The summed E-state index contributed by atoms with van der Waals surface area (Å²) >= 11 is 0. The Morgan fingerprint density at radius 2 is 1.94 bits per heavy atom. The summed E-state index contributed by atoms with van der Waals surface area (Å²) < 4.78 is 14.0. The van der Waals surface area contributed by atoms with Crippen molar-refractivity contribution in [2.45, 2.75) is 77.9 Å². The van der Waals surface area contributed by atoms with Crippen LogP contribution in [0.15, 0.2) is 28.9 Å².